The van der Waals surface area contributed by atoms with Gasteiger partial charge in [-0.3, -0.25) is 0 Å². The highest BCUT2D eigenvalue weighted by molar-refractivity contribution is 8.59. The van der Waals surface area contributed by atoms with E-state index in [1.807, 2.05) is 0 Å². The van der Waals surface area contributed by atoms with Crippen molar-refractivity contribution in [1.82, 2.24) is 3.12 Å². The third-order valence-corrected chi connectivity index (χ3v) is 14.0. The van der Waals surface area contributed by atoms with Gasteiger partial charge in [0.25, 0.3) is 0 Å². The largest absolute Gasteiger partial charge is 0.184 e. The summed E-state index contributed by atoms with van der Waals surface area (Å²) in [5, 5.41) is 6.30. The number of rotatable bonds is 6. The molecule has 0 N–H and O–H groups in total. The van der Waals surface area contributed by atoms with Crippen molar-refractivity contribution in [2.24, 2.45) is 0 Å². The second-order valence-corrected chi connectivity index (χ2v) is 15.7. The summed E-state index contributed by atoms with van der Waals surface area (Å²) in [7, 11) is -2.91. The third-order valence-electron chi connectivity index (χ3n) is 2.38. The molecule has 0 amide bonds. The Labute approximate surface area is 107 Å². The summed E-state index contributed by atoms with van der Waals surface area (Å²) in [5.41, 5.74) is 0. The molecule has 1 nitrogen and oxygen atoms in total. The Balaban J connectivity index is 5.66. The second kappa shape index (κ2) is 5.25. The first-order valence-corrected chi connectivity index (χ1v) is 12.3. The minimum Gasteiger partial charge on any atom is -0.184 e. The fraction of sp³-hybridized carbons (Fsp3) is 0.500. The third kappa shape index (κ3) is 3.36. The number of hydrogen-bond donors (Lipinski definition) is 0. The van der Waals surface area contributed by atoms with E-state index in [1.54, 1.807) is 0 Å². The molecule has 0 aromatic carbocycles. The highest BCUT2D eigenvalue weighted by Crippen LogP contribution is 2.74. The van der Waals surface area contributed by atoms with Crippen molar-refractivity contribution in [2.45, 2.75) is 0 Å². The molecule has 0 radical (unpaired) electrons. The molecule has 0 unspecified atom stereocenters. The molecule has 4 heteroatoms. The molecule has 0 aromatic rings. The van der Waals surface area contributed by atoms with Crippen LogP contribution in [0.25, 0.3) is 0 Å². The molecule has 0 spiro atoms. The van der Waals surface area contributed by atoms with E-state index >= 15 is 0 Å². The van der Waals surface area contributed by atoms with E-state index in [0.29, 0.717) is 0 Å². The first-order valence-electron chi connectivity index (χ1n) is 4.93. The molecule has 0 rings (SSSR count). The standard InChI is InChI=1S/C12H27NS3/c1-10-14(4,5)13(15(6,7)11-2)16(8,9)12-3/h10-12H,1-3H2,4-9H3. The van der Waals surface area contributed by atoms with Gasteiger partial charge in [0.05, 0.1) is 0 Å². The lowest BCUT2D eigenvalue weighted by molar-refractivity contribution is 1.19. The van der Waals surface area contributed by atoms with E-state index in [1.165, 1.54) is 0 Å². The molecule has 0 fully saturated rings. The van der Waals surface area contributed by atoms with Crippen LogP contribution in [-0.2, 0) is 0 Å². The van der Waals surface area contributed by atoms with Crippen molar-refractivity contribution in [3.63, 3.8) is 0 Å². The predicted octanol–water partition coefficient (Wildman–Crippen LogP) is 4.66. The van der Waals surface area contributed by atoms with E-state index in [0.717, 1.165) is 0 Å². The molecular weight excluding hydrogens is 254 g/mol. The zero-order chi connectivity index (χ0) is 13.2. The molecule has 0 saturated carbocycles. The summed E-state index contributed by atoms with van der Waals surface area (Å²) in [4.78, 5) is 0. The Morgan fingerprint density at radius 3 is 0.938 bits per heavy atom. The lowest BCUT2D eigenvalue weighted by atomic mass is 11.3. The van der Waals surface area contributed by atoms with Gasteiger partial charge in [-0.15, -0.1) is 0 Å². The van der Waals surface area contributed by atoms with Crippen molar-refractivity contribution in [3.05, 3.63) is 36.0 Å². The van der Waals surface area contributed by atoms with Gasteiger partial charge in [-0.1, -0.05) is 19.7 Å². The molecular formula is C12H27NS3. The van der Waals surface area contributed by atoms with Crippen molar-refractivity contribution in [3.8, 4) is 0 Å². The fourth-order valence-electron chi connectivity index (χ4n) is 1.67. The SMILES string of the molecule is C=CS(C)(C)N(S(C)(C)C=C)S(C)(C)C=C. The maximum absolute atomic E-state index is 4.00. The Kier molecular flexibility index (Phi) is 5.33. The van der Waals surface area contributed by atoms with Crippen LogP contribution in [0.3, 0.4) is 0 Å². The first kappa shape index (κ1) is 16.2. The van der Waals surface area contributed by atoms with Crippen LogP contribution in [0.15, 0.2) is 36.0 Å². The van der Waals surface area contributed by atoms with Crippen LogP contribution >= 0.6 is 30.6 Å². The molecule has 0 aromatic heterocycles. The van der Waals surface area contributed by atoms with Gasteiger partial charge in [-0.25, -0.2) is 0 Å². The minimum absolute atomic E-state index is 0.971. The van der Waals surface area contributed by atoms with Crippen LogP contribution in [0.5, 0.6) is 0 Å². The second-order valence-electron chi connectivity index (χ2n) is 4.77. The van der Waals surface area contributed by atoms with Gasteiger partial charge in [0, 0.05) is 0 Å². The number of hydrogen-bond acceptors (Lipinski definition) is 1. The normalized spacial score (nSPS) is 16.7. The zero-order valence-corrected chi connectivity index (χ0v) is 14.0. The highest BCUT2D eigenvalue weighted by Gasteiger charge is 2.35. The van der Waals surface area contributed by atoms with Crippen LogP contribution in [0.2, 0.25) is 0 Å². The fourth-order valence-corrected chi connectivity index (χ4v) is 15.0. The molecule has 98 valence electrons. The molecule has 0 aliphatic rings. The Bertz CT molecular complexity index is 245. The summed E-state index contributed by atoms with van der Waals surface area (Å²) >= 11 is 0. The van der Waals surface area contributed by atoms with Crippen molar-refractivity contribution < 1.29 is 0 Å². The maximum atomic E-state index is 4.00. The molecule has 0 saturated heterocycles. The topological polar surface area (TPSA) is 3.24 Å². The van der Waals surface area contributed by atoms with Crippen LogP contribution in [0.4, 0.5) is 0 Å². The lowest BCUT2D eigenvalue weighted by Crippen LogP contribution is -2.28. The monoisotopic (exact) mass is 281 g/mol. The Morgan fingerprint density at radius 2 is 0.812 bits per heavy atom. The molecule has 0 bridgehead atoms. The smallest absolute Gasteiger partial charge is 0.0175 e. The molecule has 0 atom stereocenters. The van der Waals surface area contributed by atoms with E-state index in [2.05, 4.69) is 76.6 Å². The Morgan fingerprint density at radius 1 is 0.625 bits per heavy atom. The van der Waals surface area contributed by atoms with Gasteiger partial charge >= 0.3 is 0 Å². The van der Waals surface area contributed by atoms with Crippen molar-refractivity contribution in [2.75, 3.05) is 37.5 Å². The first-order chi connectivity index (χ1) is 7.05. The van der Waals surface area contributed by atoms with Gasteiger partial charge in [-0.2, -0.15) is 33.8 Å². The van der Waals surface area contributed by atoms with E-state index in [-0.39, 0.29) is 0 Å². The van der Waals surface area contributed by atoms with Crippen LogP contribution in [0.1, 0.15) is 0 Å². The van der Waals surface area contributed by atoms with E-state index < -0.39 is 30.6 Å². The van der Waals surface area contributed by atoms with Gasteiger partial charge in [-0.05, 0) is 53.8 Å². The quantitative estimate of drug-likeness (QED) is 0.684. The average molecular weight is 282 g/mol. The molecule has 0 aliphatic carbocycles. The molecule has 16 heavy (non-hydrogen) atoms. The van der Waals surface area contributed by atoms with Crippen LogP contribution < -0.4 is 0 Å². The minimum atomic E-state index is -0.971. The average Bonchev–Trinajstić information content (AvgIpc) is 2.16. The van der Waals surface area contributed by atoms with Gasteiger partial charge in [0.1, 0.15) is 0 Å². The van der Waals surface area contributed by atoms with Gasteiger partial charge in [0.15, 0.2) is 0 Å². The summed E-state index contributed by atoms with van der Waals surface area (Å²) in [6.07, 6.45) is 13.7. The molecule has 0 aliphatic heterocycles. The molecule has 0 heterocycles. The zero-order valence-electron chi connectivity index (χ0n) is 11.5. The van der Waals surface area contributed by atoms with Gasteiger partial charge in [0.2, 0.25) is 0 Å². The highest BCUT2D eigenvalue weighted by atomic mass is 32.4. The lowest BCUT2D eigenvalue weighted by Gasteiger charge is -2.60. The summed E-state index contributed by atoms with van der Waals surface area (Å²) < 4.78 is 2.62. The predicted molar refractivity (Wildman–Crippen MR) is 90.7 cm³/mol. The summed E-state index contributed by atoms with van der Waals surface area (Å²) in [6.45, 7) is 12.0. The summed E-state index contributed by atoms with van der Waals surface area (Å²) in [5.74, 6) is 0. The van der Waals surface area contributed by atoms with Crippen LogP contribution in [-0.4, -0.2) is 40.7 Å². The van der Waals surface area contributed by atoms with Gasteiger partial charge < -0.3 is 0 Å². The van der Waals surface area contributed by atoms with Crippen molar-refractivity contribution >= 4 is 30.6 Å². The Hall–Kier alpha value is 0.230. The van der Waals surface area contributed by atoms with E-state index in [9.17, 15) is 0 Å². The maximum Gasteiger partial charge on any atom is -0.0175 e. The van der Waals surface area contributed by atoms with Crippen LogP contribution in [0, 0.1) is 0 Å². The summed E-state index contributed by atoms with van der Waals surface area (Å²) in [6, 6.07) is 0. The van der Waals surface area contributed by atoms with E-state index in [4.69, 9.17) is 0 Å². The number of nitrogens with zero attached hydrogens (tertiary/aromatic N) is 1. The van der Waals surface area contributed by atoms with Crippen molar-refractivity contribution in [1.29, 1.82) is 0 Å².